The Morgan fingerprint density at radius 2 is 1.38 bits per heavy atom. The molecule has 3 heteroatoms. The van der Waals surface area contributed by atoms with Crippen LogP contribution in [0.25, 0.3) is 0 Å². The van der Waals surface area contributed by atoms with E-state index in [9.17, 15) is 4.79 Å². The topological polar surface area (TPSA) is 38.3 Å². The Hall–Kier alpha value is -0.570. The number of amides is 1. The van der Waals surface area contributed by atoms with Gasteiger partial charge in [0.05, 0.1) is 6.61 Å². The van der Waals surface area contributed by atoms with Gasteiger partial charge in [-0.15, -0.1) is 0 Å². The summed E-state index contributed by atoms with van der Waals surface area (Å²) in [6.45, 7) is 2.85. The van der Waals surface area contributed by atoms with Crippen LogP contribution in [-0.2, 0) is 9.63 Å². The maximum absolute atomic E-state index is 9.73. The van der Waals surface area contributed by atoms with E-state index in [2.05, 4.69) is 12.4 Å². The predicted octanol–water partition coefficient (Wildman–Crippen LogP) is 3.50. The molecule has 0 aromatic heterocycles. The van der Waals surface area contributed by atoms with Crippen LogP contribution in [0.15, 0.2) is 0 Å². The fraction of sp³-hybridized carbons (Fsp3) is 0.923. The highest BCUT2D eigenvalue weighted by Gasteiger charge is 1.92. The lowest BCUT2D eigenvalue weighted by atomic mass is 10.1. The van der Waals surface area contributed by atoms with E-state index in [0.29, 0.717) is 6.61 Å². The Morgan fingerprint density at radius 3 is 1.88 bits per heavy atom. The molecule has 0 aliphatic rings. The monoisotopic (exact) mass is 228 g/mol. The van der Waals surface area contributed by atoms with Gasteiger partial charge < -0.3 is 0 Å². The van der Waals surface area contributed by atoms with Gasteiger partial charge in [0, 0.05) is 0 Å². The molecule has 95 valence electrons. The van der Waals surface area contributed by atoms with E-state index in [1.54, 1.807) is 0 Å². The molecule has 1 N–H and O–H groups in total. The third kappa shape index (κ3) is 13.4. The molecule has 0 aliphatic heterocycles. The lowest BCUT2D eigenvalue weighted by molar-refractivity contribution is 0.0794. The summed E-state index contributed by atoms with van der Waals surface area (Å²) in [4.78, 5) is 14.5. The lowest BCUT2D eigenvalue weighted by Gasteiger charge is -2.02. The summed E-state index contributed by atoms with van der Waals surface area (Å²) >= 11 is 0. The largest absolute Gasteiger partial charge is 0.335 e. The second kappa shape index (κ2) is 14.4. The molecule has 0 saturated carbocycles. The van der Waals surface area contributed by atoms with Crippen LogP contribution in [0.3, 0.4) is 0 Å². The van der Waals surface area contributed by atoms with Crippen molar-refractivity contribution in [3.63, 3.8) is 0 Å². The van der Waals surface area contributed by atoms with Gasteiger partial charge in [0.2, 0.25) is 0 Å². The van der Waals surface area contributed by atoms with Crippen molar-refractivity contribution in [1.29, 1.82) is 0 Å². The average Bonchev–Trinajstić information content (AvgIpc) is 2.31. The van der Waals surface area contributed by atoms with Crippen LogP contribution in [-0.4, -0.2) is 13.0 Å². The zero-order valence-electron chi connectivity index (χ0n) is 10.6. The highest BCUT2D eigenvalue weighted by molar-refractivity contribution is 5.44. The first-order valence-electron chi connectivity index (χ1n) is 6.65. The summed E-state index contributed by atoms with van der Waals surface area (Å²) in [7, 11) is 0. The van der Waals surface area contributed by atoms with Gasteiger partial charge in [-0.1, -0.05) is 64.7 Å². The summed E-state index contributed by atoms with van der Waals surface area (Å²) in [5.74, 6) is 0. The lowest BCUT2D eigenvalue weighted by Crippen LogP contribution is -2.12. The third-order valence-corrected chi connectivity index (χ3v) is 2.71. The number of rotatable bonds is 13. The quantitative estimate of drug-likeness (QED) is 0.298. The second-order valence-electron chi connectivity index (χ2n) is 4.23. The van der Waals surface area contributed by atoms with Crippen LogP contribution in [0.4, 0.5) is 0 Å². The summed E-state index contributed by atoms with van der Waals surface area (Å²) in [5, 5.41) is 0. The zero-order chi connectivity index (χ0) is 11.9. The van der Waals surface area contributed by atoms with Gasteiger partial charge in [-0.25, -0.2) is 5.48 Å². The van der Waals surface area contributed by atoms with Crippen molar-refractivity contribution in [2.75, 3.05) is 6.61 Å². The van der Waals surface area contributed by atoms with Gasteiger partial charge in [-0.2, -0.15) is 0 Å². The van der Waals surface area contributed by atoms with Crippen LogP contribution in [0.1, 0.15) is 71.1 Å². The van der Waals surface area contributed by atoms with Crippen molar-refractivity contribution < 1.29 is 9.63 Å². The molecule has 0 fully saturated rings. The Balaban J connectivity index is 2.85. The SMILES string of the molecule is CCCCCCCCCCCCON[C]=O. The molecule has 16 heavy (non-hydrogen) atoms. The van der Waals surface area contributed by atoms with Crippen LogP contribution >= 0.6 is 0 Å². The number of hydroxylamine groups is 1. The number of unbranched alkanes of at least 4 members (excludes halogenated alkanes) is 9. The summed E-state index contributed by atoms with van der Waals surface area (Å²) in [5.41, 5.74) is 2.07. The summed E-state index contributed by atoms with van der Waals surface area (Å²) in [6.07, 6.45) is 14.6. The minimum Gasteiger partial charge on any atom is -0.273 e. The number of hydrogen-bond donors (Lipinski definition) is 1. The predicted molar refractivity (Wildman–Crippen MR) is 66.6 cm³/mol. The highest BCUT2D eigenvalue weighted by atomic mass is 16.6. The molecule has 0 bridgehead atoms. The van der Waals surface area contributed by atoms with Crippen molar-refractivity contribution in [3.8, 4) is 0 Å². The van der Waals surface area contributed by atoms with Crippen molar-refractivity contribution in [2.45, 2.75) is 71.1 Å². The first kappa shape index (κ1) is 15.4. The van der Waals surface area contributed by atoms with Gasteiger partial charge >= 0.3 is 6.41 Å². The molecular formula is C13H26NO2. The van der Waals surface area contributed by atoms with Gasteiger partial charge in [-0.05, 0) is 6.42 Å². The molecule has 1 radical (unpaired) electrons. The van der Waals surface area contributed by atoms with Crippen LogP contribution < -0.4 is 5.48 Å². The van der Waals surface area contributed by atoms with Gasteiger partial charge in [-0.3, -0.25) is 9.63 Å². The minimum atomic E-state index is 0.603. The van der Waals surface area contributed by atoms with E-state index in [4.69, 9.17) is 4.84 Å². The van der Waals surface area contributed by atoms with Crippen LogP contribution in [0.5, 0.6) is 0 Å². The van der Waals surface area contributed by atoms with Crippen LogP contribution in [0, 0.1) is 0 Å². The molecule has 0 spiro atoms. The molecule has 0 rings (SSSR count). The van der Waals surface area contributed by atoms with E-state index in [0.717, 1.165) is 6.42 Å². The minimum absolute atomic E-state index is 0.603. The molecule has 0 heterocycles. The average molecular weight is 228 g/mol. The highest BCUT2D eigenvalue weighted by Crippen LogP contribution is 2.10. The van der Waals surface area contributed by atoms with E-state index in [1.165, 1.54) is 64.2 Å². The Bertz CT molecular complexity index is 140. The van der Waals surface area contributed by atoms with Crippen molar-refractivity contribution in [1.82, 2.24) is 5.48 Å². The summed E-state index contributed by atoms with van der Waals surface area (Å²) < 4.78 is 0. The molecule has 0 aromatic rings. The number of carbonyl (C=O) groups excluding carboxylic acids is 1. The first-order valence-corrected chi connectivity index (χ1v) is 6.65. The van der Waals surface area contributed by atoms with E-state index in [1.807, 2.05) is 0 Å². The molecule has 0 atom stereocenters. The van der Waals surface area contributed by atoms with Crippen LogP contribution in [0.2, 0.25) is 0 Å². The van der Waals surface area contributed by atoms with Gasteiger partial charge in [0.15, 0.2) is 0 Å². The Kier molecular flexibility index (Phi) is 13.9. The van der Waals surface area contributed by atoms with E-state index >= 15 is 0 Å². The molecule has 1 amide bonds. The Labute approximate surface area is 99.9 Å². The smallest absolute Gasteiger partial charge is 0.273 e. The normalized spacial score (nSPS) is 10.3. The first-order chi connectivity index (χ1) is 7.91. The molecular weight excluding hydrogens is 202 g/mol. The third-order valence-electron chi connectivity index (χ3n) is 2.71. The molecule has 0 saturated heterocycles. The van der Waals surface area contributed by atoms with Gasteiger partial charge in [0.25, 0.3) is 0 Å². The zero-order valence-corrected chi connectivity index (χ0v) is 10.6. The number of nitrogens with one attached hydrogen (secondary N) is 1. The van der Waals surface area contributed by atoms with Crippen molar-refractivity contribution >= 4 is 6.41 Å². The second-order valence-corrected chi connectivity index (χ2v) is 4.23. The molecule has 3 nitrogen and oxygen atoms in total. The van der Waals surface area contributed by atoms with Crippen molar-refractivity contribution in [3.05, 3.63) is 0 Å². The molecule has 0 aromatic carbocycles. The maximum Gasteiger partial charge on any atom is 0.335 e. The van der Waals surface area contributed by atoms with E-state index in [-0.39, 0.29) is 0 Å². The van der Waals surface area contributed by atoms with Gasteiger partial charge in [0.1, 0.15) is 0 Å². The summed E-state index contributed by atoms with van der Waals surface area (Å²) in [6, 6.07) is 0. The van der Waals surface area contributed by atoms with E-state index < -0.39 is 0 Å². The van der Waals surface area contributed by atoms with Crippen molar-refractivity contribution in [2.24, 2.45) is 0 Å². The molecule has 0 aliphatic carbocycles. The number of hydrogen-bond acceptors (Lipinski definition) is 2. The Morgan fingerprint density at radius 1 is 0.875 bits per heavy atom. The maximum atomic E-state index is 9.73. The fourth-order valence-corrected chi connectivity index (χ4v) is 1.74. The fourth-order valence-electron chi connectivity index (χ4n) is 1.74. The standard InChI is InChI=1S/C13H26NO2/c1-2-3-4-5-6-7-8-9-10-11-12-16-14-13-15/h2-12H2,1H3,(H,14,15). The molecule has 0 unspecified atom stereocenters.